The molecule has 12 aromatic rings. The lowest BCUT2D eigenvalue weighted by Crippen LogP contribution is -2.00. The molecule has 0 bridgehead atoms. The van der Waals surface area contributed by atoms with Gasteiger partial charge in [-0.05, 0) is 97.4 Å². The van der Waals surface area contributed by atoms with E-state index in [0.29, 0.717) is 0 Å². The van der Waals surface area contributed by atoms with E-state index in [1.54, 1.807) is 0 Å². The lowest BCUT2D eigenvalue weighted by molar-refractivity contribution is 0.546. The Labute approximate surface area is 331 Å². The van der Waals surface area contributed by atoms with Crippen LogP contribution in [0.2, 0.25) is 0 Å². The Morgan fingerprint density at radius 1 is 0.414 bits per heavy atom. The average molecular weight is 745 g/mol. The molecule has 6 aromatic heterocycles. The van der Waals surface area contributed by atoms with Gasteiger partial charge in [-0.3, -0.25) is 9.13 Å². The molecule has 0 amide bonds. The molecule has 0 radical (unpaired) electrons. The predicted molar refractivity (Wildman–Crippen MR) is 236 cm³/mol. The summed E-state index contributed by atoms with van der Waals surface area (Å²) in [5.41, 5.74) is 12.2. The normalized spacial score (nSPS) is 13.0. The van der Waals surface area contributed by atoms with Gasteiger partial charge < -0.3 is 8.83 Å². The first kappa shape index (κ1) is 31.5. The van der Waals surface area contributed by atoms with Crippen molar-refractivity contribution in [2.45, 2.75) is 12.8 Å². The number of benzene rings is 6. The third-order valence-corrected chi connectivity index (χ3v) is 12.0. The van der Waals surface area contributed by atoms with Crippen LogP contribution in [0.5, 0.6) is 0 Å². The van der Waals surface area contributed by atoms with E-state index in [1.807, 2.05) is 12.1 Å². The Balaban J connectivity index is 1.01. The highest BCUT2D eigenvalue weighted by Gasteiger charge is 2.21. The highest BCUT2D eigenvalue weighted by molar-refractivity contribution is 6.19. The highest BCUT2D eigenvalue weighted by Crippen LogP contribution is 2.41. The van der Waals surface area contributed by atoms with Crippen LogP contribution in [-0.4, -0.2) is 19.1 Å². The Morgan fingerprint density at radius 3 is 1.66 bits per heavy atom. The van der Waals surface area contributed by atoms with Gasteiger partial charge >= 0.3 is 0 Å². The van der Waals surface area contributed by atoms with Gasteiger partial charge in [0.15, 0.2) is 0 Å². The summed E-state index contributed by atoms with van der Waals surface area (Å²) in [5.74, 6) is 2.79. The summed E-state index contributed by atoms with van der Waals surface area (Å²) in [6.07, 6.45) is 6.38. The minimum Gasteiger partial charge on any atom is -0.460 e. The van der Waals surface area contributed by atoms with Crippen LogP contribution < -0.4 is 0 Å². The summed E-state index contributed by atoms with van der Waals surface area (Å²) < 4.78 is 17.0. The van der Waals surface area contributed by atoms with Crippen LogP contribution in [0.15, 0.2) is 173 Å². The second-order valence-electron chi connectivity index (χ2n) is 15.3. The van der Waals surface area contributed by atoms with Crippen molar-refractivity contribution in [3.63, 3.8) is 0 Å². The fourth-order valence-electron chi connectivity index (χ4n) is 9.34. The smallest absolute Gasteiger partial charge is 0.138 e. The molecule has 6 nitrogen and oxygen atoms in total. The Morgan fingerprint density at radius 2 is 0.983 bits per heavy atom. The number of fused-ring (bicyclic) bond motifs is 12. The maximum Gasteiger partial charge on any atom is 0.138 e. The SMILES string of the molecule is C1=Cc2c(oc3ccc(-c4cccc(-n5c6ccccc6c6cc7c8ccccc8n(-c8cccc(-c9ccc%10oc%11ccccc%11c%10c9)n8)c7cc65)n4)cc23)CC1. The summed E-state index contributed by atoms with van der Waals surface area (Å²) in [6, 6.07) is 55.6. The number of furan rings is 2. The van der Waals surface area contributed by atoms with E-state index >= 15 is 0 Å². The van der Waals surface area contributed by atoms with Crippen molar-refractivity contribution in [2.24, 2.45) is 0 Å². The summed E-state index contributed by atoms with van der Waals surface area (Å²) in [4.78, 5) is 10.7. The molecular formula is C52H32N4O2. The van der Waals surface area contributed by atoms with E-state index in [4.69, 9.17) is 18.8 Å². The van der Waals surface area contributed by atoms with Crippen molar-refractivity contribution in [2.75, 3.05) is 0 Å². The molecule has 6 aromatic carbocycles. The summed E-state index contributed by atoms with van der Waals surface area (Å²) >= 11 is 0. The zero-order chi connectivity index (χ0) is 37.9. The molecule has 0 saturated carbocycles. The number of pyridine rings is 2. The zero-order valence-electron chi connectivity index (χ0n) is 31.2. The molecule has 0 fully saturated rings. The van der Waals surface area contributed by atoms with Gasteiger partial charge in [-0.25, -0.2) is 9.97 Å². The first-order chi connectivity index (χ1) is 28.7. The van der Waals surface area contributed by atoms with Crippen molar-refractivity contribution in [1.82, 2.24) is 19.1 Å². The van der Waals surface area contributed by atoms with Crippen LogP contribution in [0.25, 0.3) is 117 Å². The monoisotopic (exact) mass is 744 g/mol. The van der Waals surface area contributed by atoms with Crippen molar-refractivity contribution in [1.29, 1.82) is 0 Å². The molecule has 6 heterocycles. The number of aryl methyl sites for hydroxylation is 1. The molecule has 0 atom stereocenters. The standard InChI is InChI=1S/C52H32N4O2/c1-5-17-43-33(11-1)37-29-38-34-12-2-6-18-44(34)56(52-22-10-16-42(54-52)32-24-26-50-40(28-32)36-14-4-8-20-48(36)58-50)46(38)30-45(37)55(43)51-21-9-15-41(53-51)31-23-25-49-39(27-31)35-13-3-7-19-47(35)57-49/h1-7,9-19,21-30H,8,20H2. The van der Waals surface area contributed by atoms with Crippen molar-refractivity contribution in [3.8, 4) is 34.2 Å². The summed E-state index contributed by atoms with van der Waals surface area (Å²) in [7, 11) is 0. The number of aromatic nitrogens is 4. The van der Waals surface area contributed by atoms with E-state index in [9.17, 15) is 0 Å². The maximum absolute atomic E-state index is 6.23. The number of allylic oxidation sites excluding steroid dienone is 1. The first-order valence-corrected chi connectivity index (χ1v) is 19.8. The van der Waals surface area contributed by atoms with Gasteiger partial charge in [-0.2, -0.15) is 0 Å². The Bertz CT molecular complexity index is 3710. The van der Waals surface area contributed by atoms with E-state index in [-0.39, 0.29) is 0 Å². The van der Waals surface area contributed by atoms with Gasteiger partial charge in [0.2, 0.25) is 0 Å². The van der Waals surface area contributed by atoms with Crippen LogP contribution in [0.1, 0.15) is 17.7 Å². The first-order valence-electron chi connectivity index (χ1n) is 19.8. The molecular weight excluding hydrogens is 713 g/mol. The third-order valence-electron chi connectivity index (χ3n) is 12.0. The minimum atomic E-state index is 0.856. The molecule has 13 rings (SSSR count). The molecule has 0 spiro atoms. The topological polar surface area (TPSA) is 61.9 Å². The fraction of sp³-hybridized carbons (Fsp3) is 0.0385. The van der Waals surface area contributed by atoms with E-state index in [0.717, 1.165) is 108 Å². The van der Waals surface area contributed by atoms with E-state index in [2.05, 4.69) is 167 Å². The highest BCUT2D eigenvalue weighted by atomic mass is 16.3. The Kier molecular flexibility index (Phi) is 6.46. The van der Waals surface area contributed by atoms with Gasteiger partial charge in [-0.15, -0.1) is 0 Å². The number of para-hydroxylation sites is 3. The number of rotatable bonds is 4. The van der Waals surface area contributed by atoms with Gasteiger partial charge in [0.05, 0.1) is 33.5 Å². The minimum absolute atomic E-state index is 0.856. The lowest BCUT2D eigenvalue weighted by atomic mass is 10.0. The second-order valence-corrected chi connectivity index (χ2v) is 15.3. The molecule has 0 unspecified atom stereocenters. The van der Waals surface area contributed by atoms with Gasteiger partial charge in [0, 0.05) is 60.8 Å². The number of hydrogen-bond acceptors (Lipinski definition) is 4. The van der Waals surface area contributed by atoms with Crippen LogP contribution in [0.3, 0.4) is 0 Å². The van der Waals surface area contributed by atoms with Crippen LogP contribution in [0.4, 0.5) is 0 Å². The van der Waals surface area contributed by atoms with Gasteiger partial charge in [0.1, 0.15) is 34.1 Å². The Hall–Kier alpha value is -7.70. The average Bonchev–Trinajstić information content (AvgIpc) is 4.03. The largest absolute Gasteiger partial charge is 0.460 e. The van der Waals surface area contributed by atoms with E-state index < -0.39 is 0 Å². The van der Waals surface area contributed by atoms with Crippen LogP contribution >= 0.6 is 0 Å². The van der Waals surface area contributed by atoms with Crippen LogP contribution in [-0.2, 0) is 6.42 Å². The molecule has 0 aliphatic heterocycles. The van der Waals surface area contributed by atoms with E-state index in [1.165, 1.54) is 27.1 Å². The molecule has 6 heteroatoms. The maximum atomic E-state index is 6.23. The summed E-state index contributed by atoms with van der Waals surface area (Å²) in [5, 5.41) is 8.05. The van der Waals surface area contributed by atoms with Gasteiger partial charge in [-0.1, -0.05) is 78.9 Å². The zero-order valence-corrected chi connectivity index (χ0v) is 31.2. The second kappa shape index (κ2) is 11.9. The summed E-state index contributed by atoms with van der Waals surface area (Å²) in [6.45, 7) is 0. The molecule has 58 heavy (non-hydrogen) atoms. The molecule has 1 aliphatic rings. The van der Waals surface area contributed by atoms with Gasteiger partial charge in [0.25, 0.3) is 0 Å². The third kappa shape index (κ3) is 4.54. The molecule has 0 saturated heterocycles. The predicted octanol–water partition coefficient (Wildman–Crippen LogP) is 13.6. The molecule has 0 N–H and O–H groups in total. The number of hydrogen-bond donors (Lipinski definition) is 0. The van der Waals surface area contributed by atoms with Crippen LogP contribution in [0, 0.1) is 0 Å². The molecule has 1 aliphatic carbocycles. The fourth-order valence-corrected chi connectivity index (χ4v) is 9.34. The lowest BCUT2D eigenvalue weighted by Gasteiger charge is -2.11. The number of nitrogens with zero attached hydrogens (tertiary/aromatic N) is 4. The van der Waals surface area contributed by atoms with Crippen molar-refractivity contribution < 1.29 is 8.83 Å². The van der Waals surface area contributed by atoms with Crippen molar-refractivity contribution in [3.05, 3.63) is 175 Å². The molecule has 272 valence electrons. The van der Waals surface area contributed by atoms with Crippen molar-refractivity contribution >= 4 is 82.6 Å². The quantitative estimate of drug-likeness (QED) is 0.180.